The van der Waals surface area contributed by atoms with Gasteiger partial charge >= 0.3 is 8.80 Å². The van der Waals surface area contributed by atoms with E-state index < -0.39 is 28.9 Å². The minimum absolute atomic E-state index is 0.00654. The molecule has 0 amide bonds. The Morgan fingerprint density at radius 3 is 1.76 bits per heavy atom. The number of sulfonamides is 2. The summed E-state index contributed by atoms with van der Waals surface area (Å²) in [5.41, 5.74) is 0. The molecule has 0 spiro atoms. The average molecular weight is 365 g/mol. The van der Waals surface area contributed by atoms with Crippen LogP contribution in [-0.4, -0.2) is 83.4 Å². The van der Waals surface area contributed by atoms with Crippen molar-refractivity contribution in [2.45, 2.75) is 6.04 Å². The third kappa shape index (κ3) is 8.20. The zero-order chi connectivity index (χ0) is 16.7. The van der Waals surface area contributed by atoms with Crippen molar-refractivity contribution in [1.82, 2.24) is 9.03 Å². The molecule has 0 heterocycles. The van der Waals surface area contributed by atoms with E-state index in [4.69, 9.17) is 13.3 Å². The van der Waals surface area contributed by atoms with Gasteiger partial charge in [-0.2, -0.15) is 0 Å². The first-order valence-electron chi connectivity index (χ1n) is 6.05. The molecule has 0 unspecified atom stereocenters. The Morgan fingerprint density at radius 2 is 1.43 bits per heavy atom. The minimum Gasteiger partial charge on any atom is -0.377 e. The van der Waals surface area contributed by atoms with Gasteiger partial charge in [0.15, 0.2) is 0 Å². The zero-order valence-corrected chi connectivity index (χ0v) is 15.6. The quantitative estimate of drug-likeness (QED) is 0.452. The SMILES string of the molecule is CO[Si](CCN(CCNS(C)(=O)=O)S(C)(=O)=O)(OC)OC. The van der Waals surface area contributed by atoms with E-state index in [9.17, 15) is 16.8 Å². The van der Waals surface area contributed by atoms with E-state index in [-0.39, 0.29) is 25.7 Å². The summed E-state index contributed by atoms with van der Waals surface area (Å²) in [5, 5.41) is 0. The lowest BCUT2D eigenvalue weighted by Crippen LogP contribution is -2.47. The number of nitrogens with one attached hydrogen (secondary N) is 1. The highest BCUT2D eigenvalue weighted by Crippen LogP contribution is 2.14. The summed E-state index contributed by atoms with van der Waals surface area (Å²) in [7, 11) is -5.40. The molecule has 0 bridgehead atoms. The van der Waals surface area contributed by atoms with Crippen LogP contribution in [0.1, 0.15) is 0 Å². The fourth-order valence-electron chi connectivity index (χ4n) is 1.62. The van der Waals surface area contributed by atoms with E-state index in [1.807, 2.05) is 0 Å². The summed E-state index contributed by atoms with van der Waals surface area (Å²) in [6, 6.07) is 0.266. The highest BCUT2D eigenvalue weighted by atomic mass is 32.2. The van der Waals surface area contributed by atoms with Gasteiger partial charge < -0.3 is 13.3 Å². The number of hydrogen-bond donors (Lipinski definition) is 1. The first-order valence-corrected chi connectivity index (χ1v) is 11.7. The van der Waals surface area contributed by atoms with Crippen LogP contribution in [0.5, 0.6) is 0 Å². The molecule has 0 saturated carbocycles. The molecule has 1 N–H and O–H groups in total. The lowest BCUT2D eigenvalue weighted by Gasteiger charge is -2.27. The maximum Gasteiger partial charge on any atom is 0.501 e. The van der Waals surface area contributed by atoms with Crippen LogP contribution in [0.15, 0.2) is 0 Å². The fraction of sp³-hybridized carbons (Fsp3) is 1.00. The van der Waals surface area contributed by atoms with Crippen molar-refractivity contribution in [3.8, 4) is 0 Å². The van der Waals surface area contributed by atoms with E-state index in [0.717, 1.165) is 16.8 Å². The Balaban J connectivity index is 4.73. The van der Waals surface area contributed by atoms with Gasteiger partial charge in [0.25, 0.3) is 0 Å². The molecule has 0 aliphatic heterocycles. The summed E-state index contributed by atoms with van der Waals surface area (Å²) in [6.45, 7) is 0.132. The van der Waals surface area contributed by atoms with Crippen LogP contribution in [0, 0.1) is 0 Å². The molecule has 0 atom stereocenters. The molecule has 0 radical (unpaired) electrons. The van der Waals surface area contributed by atoms with Crippen molar-refractivity contribution >= 4 is 28.9 Å². The van der Waals surface area contributed by atoms with Crippen molar-refractivity contribution in [2.75, 3.05) is 53.5 Å². The van der Waals surface area contributed by atoms with E-state index in [2.05, 4.69) is 4.72 Å². The molecular weight excluding hydrogens is 340 g/mol. The molecule has 0 aliphatic rings. The molecule has 0 aromatic heterocycles. The average Bonchev–Trinajstić information content (AvgIpc) is 2.36. The molecule has 21 heavy (non-hydrogen) atoms. The molecule has 128 valence electrons. The Hall–Kier alpha value is -0.0831. The van der Waals surface area contributed by atoms with Crippen molar-refractivity contribution in [3.63, 3.8) is 0 Å². The number of rotatable bonds is 11. The van der Waals surface area contributed by atoms with Gasteiger partial charge in [-0.25, -0.2) is 25.9 Å². The van der Waals surface area contributed by atoms with Gasteiger partial charge in [-0.3, -0.25) is 0 Å². The van der Waals surface area contributed by atoms with E-state index in [1.54, 1.807) is 0 Å². The predicted molar refractivity (Wildman–Crippen MR) is 80.9 cm³/mol. The van der Waals surface area contributed by atoms with Gasteiger partial charge in [0.05, 0.1) is 12.5 Å². The summed E-state index contributed by atoms with van der Waals surface area (Å²) in [6.07, 6.45) is 2.07. The van der Waals surface area contributed by atoms with Crippen LogP contribution >= 0.6 is 0 Å². The normalized spacial score (nSPS) is 13.8. The van der Waals surface area contributed by atoms with Gasteiger partial charge in [-0.15, -0.1) is 0 Å². The lowest BCUT2D eigenvalue weighted by molar-refractivity contribution is 0.122. The summed E-state index contributed by atoms with van der Waals surface area (Å²) in [4.78, 5) is 0. The third-order valence-corrected chi connectivity index (χ3v) is 7.53. The number of nitrogens with zero attached hydrogens (tertiary/aromatic N) is 1. The molecule has 12 heteroatoms. The predicted octanol–water partition coefficient (Wildman–Crippen LogP) is -1.32. The van der Waals surface area contributed by atoms with E-state index >= 15 is 0 Å². The highest BCUT2D eigenvalue weighted by molar-refractivity contribution is 7.88. The zero-order valence-electron chi connectivity index (χ0n) is 12.9. The van der Waals surface area contributed by atoms with Gasteiger partial charge in [-0.1, -0.05) is 0 Å². The smallest absolute Gasteiger partial charge is 0.377 e. The molecule has 0 aliphatic carbocycles. The van der Waals surface area contributed by atoms with Crippen molar-refractivity contribution in [2.24, 2.45) is 0 Å². The first kappa shape index (κ1) is 20.9. The van der Waals surface area contributed by atoms with Crippen molar-refractivity contribution in [1.29, 1.82) is 0 Å². The monoisotopic (exact) mass is 364 g/mol. The Kier molecular flexibility index (Phi) is 8.49. The molecule has 0 aromatic rings. The second-order valence-corrected chi connectivity index (χ2v) is 11.3. The molecule has 9 nitrogen and oxygen atoms in total. The van der Waals surface area contributed by atoms with Gasteiger partial charge in [0.1, 0.15) is 0 Å². The summed E-state index contributed by atoms with van der Waals surface area (Å²) in [5.74, 6) is 0. The maximum atomic E-state index is 11.7. The lowest BCUT2D eigenvalue weighted by atomic mass is 10.6. The molecule has 0 aromatic carbocycles. The molecule has 0 fully saturated rings. The summed E-state index contributed by atoms with van der Waals surface area (Å²) < 4.78 is 64.5. The topological polar surface area (TPSA) is 111 Å². The van der Waals surface area contributed by atoms with Gasteiger partial charge in [0.2, 0.25) is 20.0 Å². The highest BCUT2D eigenvalue weighted by Gasteiger charge is 2.38. The van der Waals surface area contributed by atoms with Crippen LogP contribution in [-0.2, 0) is 33.3 Å². The standard InChI is InChI=1S/C9H24N2O7S2Si/c1-16-21(17-2,18-3)9-8-11(20(5,14)15)7-6-10-19(4,12)13/h10H,6-9H2,1-5H3. The maximum absolute atomic E-state index is 11.7. The van der Waals surface area contributed by atoms with Crippen LogP contribution in [0.3, 0.4) is 0 Å². The van der Waals surface area contributed by atoms with Crippen LogP contribution < -0.4 is 4.72 Å². The Morgan fingerprint density at radius 1 is 0.952 bits per heavy atom. The van der Waals surface area contributed by atoms with Gasteiger partial charge in [-0.05, 0) is 0 Å². The van der Waals surface area contributed by atoms with E-state index in [1.165, 1.54) is 21.3 Å². The Labute approximate surface area is 128 Å². The number of hydrogen-bond acceptors (Lipinski definition) is 7. The second-order valence-electron chi connectivity index (χ2n) is 4.37. The van der Waals surface area contributed by atoms with Gasteiger partial charge in [0, 0.05) is 47.0 Å². The van der Waals surface area contributed by atoms with Crippen molar-refractivity contribution < 1.29 is 30.1 Å². The largest absolute Gasteiger partial charge is 0.501 e. The third-order valence-electron chi connectivity index (χ3n) is 2.79. The molecule has 0 rings (SSSR count). The molecule has 0 saturated heterocycles. The van der Waals surface area contributed by atoms with Crippen LogP contribution in [0.2, 0.25) is 6.04 Å². The second kappa shape index (κ2) is 8.52. The fourth-order valence-corrected chi connectivity index (χ4v) is 4.74. The van der Waals surface area contributed by atoms with Crippen molar-refractivity contribution in [3.05, 3.63) is 0 Å². The Bertz CT molecular complexity index is 496. The van der Waals surface area contributed by atoms with Crippen LogP contribution in [0.25, 0.3) is 0 Å². The minimum atomic E-state index is -3.48. The summed E-state index contributed by atoms with van der Waals surface area (Å²) >= 11 is 0. The van der Waals surface area contributed by atoms with Crippen LogP contribution in [0.4, 0.5) is 0 Å². The van der Waals surface area contributed by atoms with E-state index in [0.29, 0.717) is 0 Å². The molecular formula is C9H24N2O7S2Si. The first-order chi connectivity index (χ1) is 9.49.